The van der Waals surface area contributed by atoms with Gasteiger partial charge in [-0.15, -0.1) is 0 Å². The van der Waals surface area contributed by atoms with Gasteiger partial charge in [-0.1, -0.05) is 12.2 Å². The van der Waals surface area contributed by atoms with Crippen molar-refractivity contribution >= 4 is 23.7 Å². The van der Waals surface area contributed by atoms with Gasteiger partial charge in [-0.05, 0) is 0 Å². The third kappa shape index (κ3) is 3.51. The molecule has 0 bridgehead atoms. The summed E-state index contributed by atoms with van der Waals surface area (Å²) < 4.78 is 4.18. The summed E-state index contributed by atoms with van der Waals surface area (Å²) in [5, 5.41) is 9.02. The van der Waals surface area contributed by atoms with Crippen molar-refractivity contribution in [1.29, 1.82) is 0 Å². The van der Waals surface area contributed by atoms with Gasteiger partial charge < -0.3 is 4.74 Å². The molecule has 0 aliphatic carbocycles. The van der Waals surface area contributed by atoms with Crippen LogP contribution in [0.3, 0.4) is 0 Å². The Bertz CT molecular complexity index is 94.5. The second-order valence-corrected chi connectivity index (χ2v) is 1.21. The molecular weight excluding hydrogens is 130 g/mol. The summed E-state index contributed by atoms with van der Waals surface area (Å²) in [5.41, 5.74) is 1.27. The van der Waals surface area contributed by atoms with E-state index in [-0.39, 0.29) is 6.61 Å². The van der Waals surface area contributed by atoms with Crippen LogP contribution in [0.1, 0.15) is 0 Å². The van der Waals surface area contributed by atoms with Gasteiger partial charge in [0.15, 0.2) is 0 Å². The molecule has 0 saturated heterocycles. The highest BCUT2D eigenvalue weighted by molar-refractivity contribution is 7.79. The third-order valence-electron chi connectivity index (χ3n) is 0.374. The largest absolute Gasteiger partial charge is 0.443 e. The first kappa shape index (κ1) is 7.32. The average molecular weight is 135 g/mol. The van der Waals surface area contributed by atoms with Crippen molar-refractivity contribution in [1.82, 2.24) is 5.48 Å². The summed E-state index contributed by atoms with van der Waals surface area (Å²) in [6.07, 6.45) is -0.897. The van der Waals surface area contributed by atoms with Crippen LogP contribution in [0.15, 0.2) is 0 Å². The summed E-state index contributed by atoms with van der Waals surface area (Å²) in [4.78, 5) is 9.92. The van der Waals surface area contributed by atoms with Crippen molar-refractivity contribution in [2.24, 2.45) is 0 Å². The molecule has 8 heavy (non-hydrogen) atoms. The number of amides is 1. The molecule has 4 nitrogen and oxygen atoms in total. The van der Waals surface area contributed by atoms with Crippen LogP contribution in [0.4, 0.5) is 4.79 Å². The summed E-state index contributed by atoms with van der Waals surface area (Å²) >= 11 is 4.31. The summed E-state index contributed by atoms with van der Waals surface area (Å²) in [6, 6.07) is 0. The fourth-order valence-corrected chi connectivity index (χ4v) is 0.210. The van der Waals surface area contributed by atoms with Crippen molar-refractivity contribution in [3.8, 4) is 0 Å². The minimum atomic E-state index is -0.897. The smallest absolute Gasteiger partial charge is 0.431 e. The lowest BCUT2D eigenvalue weighted by atomic mass is 10.9. The number of hydrogen-bond acceptors (Lipinski definition) is 4. The zero-order valence-corrected chi connectivity index (χ0v) is 4.77. The normalized spacial score (nSPS) is 7.62. The highest BCUT2D eigenvalue weighted by Gasteiger charge is 1.92. The maximum atomic E-state index is 9.92. The Morgan fingerprint density at radius 2 is 2.62 bits per heavy atom. The van der Waals surface area contributed by atoms with Crippen LogP contribution in [-0.2, 0) is 4.74 Å². The maximum absolute atomic E-state index is 9.92. The second kappa shape index (κ2) is 4.48. The molecule has 0 rings (SSSR count). The Morgan fingerprint density at radius 3 is 3.00 bits per heavy atom. The minimum Gasteiger partial charge on any atom is -0.443 e. The molecule has 0 fully saturated rings. The van der Waals surface area contributed by atoms with Gasteiger partial charge in [-0.25, -0.2) is 10.3 Å². The van der Waals surface area contributed by atoms with Gasteiger partial charge in [0.05, 0.1) is 0 Å². The molecule has 1 amide bonds. The van der Waals surface area contributed by atoms with E-state index >= 15 is 0 Å². The van der Waals surface area contributed by atoms with Crippen molar-refractivity contribution < 1.29 is 14.7 Å². The molecule has 0 aliphatic rings. The zero-order valence-electron chi connectivity index (χ0n) is 3.96. The Hall–Kier alpha value is -0.680. The summed E-state index contributed by atoms with van der Waals surface area (Å²) in [5.74, 6) is 0. The lowest BCUT2D eigenvalue weighted by Crippen LogP contribution is -2.20. The van der Waals surface area contributed by atoms with E-state index in [1.54, 1.807) is 0 Å². The fourth-order valence-electron chi connectivity index (χ4n) is 0.142. The van der Waals surface area contributed by atoms with Crippen LogP contribution in [0.5, 0.6) is 0 Å². The molecule has 0 aromatic carbocycles. The van der Waals surface area contributed by atoms with Crippen LogP contribution < -0.4 is 5.48 Å². The van der Waals surface area contributed by atoms with Crippen LogP contribution >= 0.6 is 12.2 Å². The molecule has 5 heteroatoms. The molecule has 46 valence electrons. The number of nitrogens with one attached hydrogen (secondary N) is 1. The molecule has 0 aromatic heterocycles. The molecule has 0 saturated carbocycles. The van der Waals surface area contributed by atoms with E-state index in [1.807, 2.05) is 0 Å². The van der Waals surface area contributed by atoms with Gasteiger partial charge in [-0.3, -0.25) is 5.21 Å². The van der Waals surface area contributed by atoms with Crippen LogP contribution in [-0.4, -0.2) is 23.3 Å². The predicted octanol–water partition coefficient (Wildman–Crippen LogP) is 0.102. The average Bonchev–Trinajstić information content (AvgIpc) is 1.83. The van der Waals surface area contributed by atoms with Crippen LogP contribution in [0, 0.1) is 0 Å². The molecule has 2 N–H and O–H groups in total. The van der Waals surface area contributed by atoms with Crippen molar-refractivity contribution in [3.05, 3.63) is 0 Å². The zero-order chi connectivity index (χ0) is 6.41. The van der Waals surface area contributed by atoms with Gasteiger partial charge in [0, 0.05) is 5.37 Å². The molecule has 0 radical (unpaired) electrons. The number of hydrogen-bond donors (Lipinski definition) is 2. The molecule has 0 atom stereocenters. The number of ether oxygens (including phenoxy) is 1. The summed E-state index contributed by atoms with van der Waals surface area (Å²) in [6.45, 7) is 0.0295. The van der Waals surface area contributed by atoms with Crippen molar-refractivity contribution in [3.63, 3.8) is 0 Å². The van der Waals surface area contributed by atoms with Crippen LogP contribution in [0.25, 0.3) is 0 Å². The van der Waals surface area contributed by atoms with E-state index in [2.05, 4.69) is 17.0 Å². The van der Waals surface area contributed by atoms with Crippen LogP contribution in [0.2, 0.25) is 0 Å². The first-order valence-electron chi connectivity index (χ1n) is 1.81. The van der Waals surface area contributed by atoms with E-state index in [4.69, 9.17) is 5.21 Å². The SMILES string of the molecule is O=C(NO)OCC=S. The van der Waals surface area contributed by atoms with E-state index in [0.29, 0.717) is 0 Å². The first-order valence-corrected chi connectivity index (χ1v) is 2.29. The molecule has 0 heterocycles. The minimum absolute atomic E-state index is 0.0295. The molecule has 0 unspecified atom stereocenters. The number of carbonyl (C=O) groups excluding carboxylic acids is 1. The van der Waals surface area contributed by atoms with Gasteiger partial charge in [0.2, 0.25) is 0 Å². The highest BCUT2D eigenvalue weighted by Crippen LogP contribution is 1.70. The Morgan fingerprint density at radius 1 is 2.00 bits per heavy atom. The first-order chi connectivity index (χ1) is 3.81. The van der Waals surface area contributed by atoms with E-state index in [1.165, 1.54) is 10.8 Å². The molecule has 0 aromatic rings. The Balaban J connectivity index is 3.11. The van der Waals surface area contributed by atoms with Gasteiger partial charge in [0.25, 0.3) is 0 Å². The third-order valence-corrected chi connectivity index (χ3v) is 0.510. The van der Waals surface area contributed by atoms with Gasteiger partial charge in [-0.2, -0.15) is 0 Å². The number of hydroxylamine groups is 1. The quantitative estimate of drug-likeness (QED) is 0.320. The molecular formula is C3H5NO3S. The predicted molar refractivity (Wildman–Crippen MR) is 29.9 cm³/mol. The fraction of sp³-hybridized carbons (Fsp3) is 0.333. The van der Waals surface area contributed by atoms with Crippen molar-refractivity contribution in [2.75, 3.05) is 6.61 Å². The van der Waals surface area contributed by atoms with E-state index in [0.717, 1.165) is 0 Å². The Labute approximate surface area is 51.4 Å². The second-order valence-electron chi connectivity index (χ2n) is 0.877. The number of rotatable bonds is 2. The van der Waals surface area contributed by atoms with Crippen molar-refractivity contribution in [2.45, 2.75) is 0 Å². The van der Waals surface area contributed by atoms with E-state index < -0.39 is 6.09 Å². The topological polar surface area (TPSA) is 58.6 Å². The monoisotopic (exact) mass is 135 g/mol. The lowest BCUT2D eigenvalue weighted by Gasteiger charge is -1.95. The maximum Gasteiger partial charge on any atom is 0.431 e. The lowest BCUT2D eigenvalue weighted by molar-refractivity contribution is 0.100. The van der Waals surface area contributed by atoms with E-state index in [9.17, 15) is 4.79 Å². The Kier molecular flexibility index (Phi) is 4.10. The van der Waals surface area contributed by atoms with Gasteiger partial charge in [0.1, 0.15) is 6.61 Å². The van der Waals surface area contributed by atoms with Gasteiger partial charge >= 0.3 is 6.09 Å². The highest BCUT2D eigenvalue weighted by atomic mass is 32.1. The molecule has 0 spiro atoms. The summed E-state index contributed by atoms with van der Waals surface area (Å²) in [7, 11) is 0. The standard InChI is InChI=1S/C3H5NO3S/c5-3(4-6)7-1-2-8/h2,6H,1H2,(H,4,5). The molecule has 0 aliphatic heterocycles. The number of thiocarbonyl (C=S) groups is 1. The number of carbonyl (C=O) groups is 1.